The SMILES string of the molecule is Cc1cc(C(=O)CSc2nnc(COc3ccccc3Cl)n2C)c(C)[nH]1. The summed E-state index contributed by atoms with van der Waals surface area (Å²) in [5, 5.41) is 9.50. The number of aromatic amines is 1. The number of rotatable bonds is 7. The average Bonchev–Trinajstić information content (AvgIpc) is 3.14. The Hall–Kier alpha value is -2.25. The van der Waals surface area contributed by atoms with Gasteiger partial charge in [0.25, 0.3) is 0 Å². The van der Waals surface area contributed by atoms with Gasteiger partial charge in [0.15, 0.2) is 16.8 Å². The highest BCUT2D eigenvalue weighted by Gasteiger charge is 2.15. The lowest BCUT2D eigenvalue weighted by molar-refractivity contribution is 0.102. The Morgan fingerprint density at radius 2 is 2.08 bits per heavy atom. The van der Waals surface area contributed by atoms with Crippen LogP contribution in [0.3, 0.4) is 0 Å². The Labute approximate surface area is 160 Å². The lowest BCUT2D eigenvalue weighted by Crippen LogP contribution is -2.06. The predicted octanol–water partition coefficient (Wildman–Crippen LogP) is 3.97. The summed E-state index contributed by atoms with van der Waals surface area (Å²) in [6.07, 6.45) is 0. The molecule has 0 radical (unpaired) electrons. The molecule has 3 rings (SSSR count). The van der Waals surface area contributed by atoms with Crippen LogP contribution in [0.1, 0.15) is 27.6 Å². The van der Waals surface area contributed by atoms with Crippen molar-refractivity contribution in [2.45, 2.75) is 25.6 Å². The number of H-pyrrole nitrogens is 1. The van der Waals surface area contributed by atoms with Gasteiger partial charge in [-0.2, -0.15) is 0 Å². The molecule has 0 saturated heterocycles. The molecule has 0 bridgehead atoms. The maximum atomic E-state index is 12.4. The minimum Gasteiger partial charge on any atom is -0.484 e. The van der Waals surface area contributed by atoms with Gasteiger partial charge in [-0.1, -0.05) is 35.5 Å². The summed E-state index contributed by atoms with van der Waals surface area (Å²) in [7, 11) is 1.85. The molecule has 26 heavy (non-hydrogen) atoms. The molecule has 0 aliphatic carbocycles. The van der Waals surface area contributed by atoms with Gasteiger partial charge in [0.1, 0.15) is 12.4 Å². The van der Waals surface area contributed by atoms with Crippen molar-refractivity contribution in [1.29, 1.82) is 0 Å². The van der Waals surface area contributed by atoms with E-state index in [1.807, 2.05) is 43.7 Å². The maximum absolute atomic E-state index is 12.4. The van der Waals surface area contributed by atoms with Crippen molar-refractivity contribution in [2.75, 3.05) is 5.75 Å². The molecule has 8 heteroatoms. The number of carbonyl (C=O) groups is 1. The first kappa shape index (κ1) is 18.5. The number of hydrogen-bond donors (Lipinski definition) is 1. The number of thioether (sulfide) groups is 1. The van der Waals surface area contributed by atoms with E-state index in [1.54, 1.807) is 12.1 Å². The smallest absolute Gasteiger partial charge is 0.191 e. The molecule has 3 aromatic rings. The predicted molar refractivity (Wildman–Crippen MR) is 102 cm³/mol. The first-order chi connectivity index (χ1) is 12.5. The summed E-state index contributed by atoms with van der Waals surface area (Å²) in [5.74, 6) is 1.62. The number of halogens is 1. The quantitative estimate of drug-likeness (QED) is 0.488. The Morgan fingerprint density at radius 1 is 1.31 bits per heavy atom. The molecule has 1 N–H and O–H groups in total. The Morgan fingerprint density at radius 3 is 2.77 bits per heavy atom. The third kappa shape index (κ3) is 4.11. The largest absolute Gasteiger partial charge is 0.484 e. The zero-order valence-corrected chi connectivity index (χ0v) is 16.3. The Bertz CT molecular complexity index is 935. The lowest BCUT2D eigenvalue weighted by atomic mass is 10.2. The summed E-state index contributed by atoms with van der Waals surface area (Å²) in [4.78, 5) is 15.5. The molecule has 2 heterocycles. The number of nitrogens with zero attached hydrogens (tertiary/aromatic N) is 3. The van der Waals surface area contributed by atoms with Crippen molar-refractivity contribution >= 4 is 29.1 Å². The Balaban J connectivity index is 1.61. The van der Waals surface area contributed by atoms with E-state index < -0.39 is 0 Å². The first-order valence-electron chi connectivity index (χ1n) is 8.03. The fourth-order valence-electron chi connectivity index (χ4n) is 2.52. The molecule has 0 fully saturated rings. The molecule has 6 nitrogen and oxygen atoms in total. The summed E-state index contributed by atoms with van der Waals surface area (Å²) in [6.45, 7) is 4.08. The van der Waals surface area contributed by atoms with E-state index in [2.05, 4.69) is 15.2 Å². The van der Waals surface area contributed by atoms with Crippen LogP contribution < -0.4 is 4.74 Å². The van der Waals surface area contributed by atoms with Crippen molar-refractivity contribution in [1.82, 2.24) is 19.7 Å². The van der Waals surface area contributed by atoms with Gasteiger partial charge in [-0.15, -0.1) is 10.2 Å². The minimum atomic E-state index is 0.0636. The molecule has 2 aromatic heterocycles. The average molecular weight is 391 g/mol. The summed E-state index contributed by atoms with van der Waals surface area (Å²) in [5.41, 5.74) is 2.59. The topological polar surface area (TPSA) is 72.8 Å². The van der Waals surface area contributed by atoms with E-state index in [4.69, 9.17) is 16.3 Å². The van der Waals surface area contributed by atoms with Gasteiger partial charge in [0.2, 0.25) is 0 Å². The monoisotopic (exact) mass is 390 g/mol. The standard InChI is InChI=1S/C18H19ClN4O2S/c1-11-8-13(12(2)20-11)15(24)10-26-18-22-21-17(23(18)3)9-25-16-7-5-4-6-14(16)19/h4-8,20H,9-10H2,1-3H3. The number of carbonyl (C=O) groups excluding carboxylic acids is 1. The van der Waals surface area contributed by atoms with Crippen molar-refractivity contribution in [3.8, 4) is 5.75 Å². The van der Waals surface area contributed by atoms with Gasteiger partial charge in [0, 0.05) is 24.0 Å². The number of nitrogens with one attached hydrogen (secondary N) is 1. The molecule has 0 spiro atoms. The van der Waals surface area contributed by atoms with Crippen molar-refractivity contribution in [2.24, 2.45) is 7.05 Å². The number of ether oxygens (including phenoxy) is 1. The van der Waals surface area contributed by atoms with Gasteiger partial charge >= 0.3 is 0 Å². The maximum Gasteiger partial charge on any atom is 0.191 e. The van der Waals surface area contributed by atoms with Crippen LogP contribution in [0.15, 0.2) is 35.5 Å². The van der Waals surface area contributed by atoms with Crippen molar-refractivity contribution in [3.05, 3.63) is 58.1 Å². The van der Waals surface area contributed by atoms with Gasteiger partial charge in [0.05, 0.1) is 10.8 Å². The minimum absolute atomic E-state index is 0.0636. The van der Waals surface area contributed by atoms with E-state index in [1.165, 1.54) is 11.8 Å². The number of Topliss-reactive ketones (excluding diaryl/α,β-unsaturated/α-hetero) is 1. The molecular formula is C18H19ClN4O2S. The summed E-state index contributed by atoms with van der Waals surface area (Å²) < 4.78 is 7.52. The number of para-hydroxylation sites is 1. The summed E-state index contributed by atoms with van der Waals surface area (Å²) in [6, 6.07) is 9.14. The molecule has 0 unspecified atom stereocenters. The van der Waals surface area contributed by atoms with E-state index in [0.29, 0.717) is 27.5 Å². The number of aromatic nitrogens is 4. The fourth-order valence-corrected chi connectivity index (χ4v) is 3.53. The molecular weight excluding hydrogens is 372 g/mol. The van der Waals surface area contributed by atoms with E-state index in [-0.39, 0.29) is 12.4 Å². The van der Waals surface area contributed by atoms with Gasteiger partial charge in [-0.3, -0.25) is 4.79 Å². The highest BCUT2D eigenvalue weighted by Crippen LogP contribution is 2.24. The number of hydrogen-bond acceptors (Lipinski definition) is 5. The number of benzene rings is 1. The van der Waals surface area contributed by atoms with E-state index in [0.717, 1.165) is 17.0 Å². The van der Waals surface area contributed by atoms with Crippen LogP contribution in [0, 0.1) is 13.8 Å². The molecule has 0 saturated carbocycles. The van der Waals surface area contributed by atoms with Crippen LogP contribution in [-0.2, 0) is 13.7 Å². The van der Waals surface area contributed by atoms with E-state index >= 15 is 0 Å². The molecule has 0 aliphatic heterocycles. The zero-order valence-electron chi connectivity index (χ0n) is 14.7. The Kier molecular flexibility index (Phi) is 5.68. The lowest BCUT2D eigenvalue weighted by Gasteiger charge is -2.07. The van der Waals surface area contributed by atoms with Gasteiger partial charge in [-0.05, 0) is 32.0 Å². The molecule has 1 aromatic carbocycles. The molecule has 0 atom stereocenters. The third-order valence-electron chi connectivity index (χ3n) is 3.90. The van der Waals surface area contributed by atoms with Crippen LogP contribution in [0.4, 0.5) is 0 Å². The fraction of sp³-hybridized carbons (Fsp3) is 0.278. The highest BCUT2D eigenvalue weighted by molar-refractivity contribution is 7.99. The first-order valence-corrected chi connectivity index (χ1v) is 9.40. The van der Waals surface area contributed by atoms with Crippen LogP contribution in [0.2, 0.25) is 5.02 Å². The molecule has 0 amide bonds. The van der Waals surface area contributed by atoms with Crippen LogP contribution in [-0.4, -0.2) is 31.3 Å². The summed E-state index contributed by atoms with van der Waals surface area (Å²) >= 11 is 7.44. The van der Waals surface area contributed by atoms with E-state index in [9.17, 15) is 4.79 Å². The second-order valence-corrected chi connectivity index (χ2v) is 7.23. The second-order valence-electron chi connectivity index (χ2n) is 5.88. The van der Waals surface area contributed by atoms with Crippen LogP contribution in [0.25, 0.3) is 0 Å². The second kappa shape index (κ2) is 7.97. The third-order valence-corrected chi connectivity index (χ3v) is 5.23. The molecule has 136 valence electrons. The van der Waals surface area contributed by atoms with Gasteiger partial charge in [-0.25, -0.2) is 0 Å². The number of ketones is 1. The highest BCUT2D eigenvalue weighted by atomic mass is 35.5. The molecule has 0 aliphatic rings. The van der Waals surface area contributed by atoms with Crippen molar-refractivity contribution < 1.29 is 9.53 Å². The van der Waals surface area contributed by atoms with Crippen LogP contribution >= 0.6 is 23.4 Å². The van der Waals surface area contributed by atoms with Crippen molar-refractivity contribution in [3.63, 3.8) is 0 Å². The number of aryl methyl sites for hydroxylation is 2. The van der Waals surface area contributed by atoms with Crippen LogP contribution in [0.5, 0.6) is 5.75 Å². The zero-order chi connectivity index (χ0) is 18.7. The van der Waals surface area contributed by atoms with Gasteiger partial charge < -0.3 is 14.3 Å². The normalized spacial score (nSPS) is 10.9.